The van der Waals surface area contributed by atoms with Crippen molar-refractivity contribution in [3.8, 4) is 11.5 Å². The number of hydrogen-bond acceptors (Lipinski definition) is 8. The summed E-state index contributed by atoms with van der Waals surface area (Å²) in [7, 11) is 3.05. The van der Waals surface area contributed by atoms with Crippen LogP contribution in [0, 0.1) is 5.82 Å². The molecule has 0 aliphatic heterocycles. The van der Waals surface area contributed by atoms with E-state index in [-0.39, 0.29) is 17.1 Å². The highest BCUT2D eigenvalue weighted by molar-refractivity contribution is 8.01. The van der Waals surface area contributed by atoms with Crippen molar-refractivity contribution in [3.63, 3.8) is 0 Å². The number of thioether (sulfide) groups is 1. The Morgan fingerprint density at radius 1 is 1.15 bits per heavy atom. The van der Waals surface area contributed by atoms with Gasteiger partial charge in [0.15, 0.2) is 10.1 Å². The molecule has 0 saturated carbocycles. The lowest BCUT2D eigenvalue weighted by atomic mass is 10.1. The molecule has 0 fully saturated rings. The van der Waals surface area contributed by atoms with Crippen molar-refractivity contribution in [2.24, 2.45) is 0 Å². The Bertz CT molecular complexity index is 932. The summed E-state index contributed by atoms with van der Waals surface area (Å²) in [6.07, 6.45) is 0. The quantitative estimate of drug-likeness (QED) is 0.439. The van der Waals surface area contributed by atoms with Crippen LogP contribution in [0.4, 0.5) is 15.2 Å². The minimum atomic E-state index is -0.481. The van der Waals surface area contributed by atoms with Crippen LogP contribution < -0.4 is 14.8 Å². The maximum absolute atomic E-state index is 13.4. The smallest absolute Gasteiger partial charge is 0.210 e. The van der Waals surface area contributed by atoms with Gasteiger partial charge in [-0.2, -0.15) is 0 Å². The fraction of sp³-hybridized carbons (Fsp3) is 0.167. The standard InChI is InChI=1S/C18H16FN3O3S2/c1-24-13-6-4-12(5-7-13)20-17-21-22-18(27-17)26-10-15(23)14-9-11(19)3-8-16(14)25-2/h3-9H,10H2,1-2H3,(H,20,21). The second kappa shape index (κ2) is 8.83. The number of aromatic nitrogens is 2. The van der Waals surface area contributed by atoms with Crippen molar-refractivity contribution in [1.29, 1.82) is 0 Å². The van der Waals surface area contributed by atoms with Crippen molar-refractivity contribution in [1.82, 2.24) is 10.2 Å². The molecule has 140 valence electrons. The molecule has 0 atom stereocenters. The fourth-order valence-corrected chi connectivity index (χ4v) is 3.88. The molecule has 1 heterocycles. The molecular formula is C18H16FN3O3S2. The van der Waals surface area contributed by atoms with Gasteiger partial charge in [0, 0.05) is 5.69 Å². The minimum absolute atomic E-state index is 0.108. The molecule has 3 rings (SSSR count). The normalized spacial score (nSPS) is 10.5. The third-order valence-electron chi connectivity index (χ3n) is 3.54. The van der Waals surface area contributed by atoms with Gasteiger partial charge in [0.25, 0.3) is 0 Å². The average molecular weight is 405 g/mol. The number of halogens is 1. The number of carbonyl (C=O) groups is 1. The molecule has 3 aromatic rings. The average Bonchev–Trinajstić information content (AvgIpc) is 3.14. The fourth-order valence-electron chi connectivity index (χ4n) is 2.22. The van der Waals surface area contributed by atoms with Gasteiger partial charge >= 0.3 is 0 Å². The third kappa shape index (κ3) is 4.95. The second-order valence-electron chi connectivity index (χ2n) is 5.28. The van der Waals surface area contributed by atoms with Gasteiger partial charge < -0.3 is 14.8 Å². The van der Waals surface area contributed by atoms with Crippen LogP contribution in [0.1, 0.15) is 10.4 Å². The summed E-state index contributed by atoms with van der Waals surface area (Å²) in [5.74, 6) is 0.500. The monoisotopic (exact) mass is 405 g/mol. The number of benzene rings is 2. The van der Waals surface area contributed by atoms with Crippen LogP contribution in [0.5, 0.6) is 11.5 Å². The summed E-state index contributed by atoms with van der Waals surface area (Å²) in [5.41, 5.74) is 1.06. The molecule has 1 N–H and O–H groups in total. The molecule has 0 aliphatic carbocycles. The Morgan fingerprint density at radius 3 is 2.63 bits per heavy atom. The number of ketones is 1. The molecule has 0 spiro atoms. The van der Waals surface area contributed by atoms with E-state index >= 15 is 0 Å². The first kappa shape index (κ1) is 19.1. The first-order valence-electron chi connectivity index (χ1n) is 7.83. The van der Waals surface area contributed by atoms with E-state index in [1.165, 1.54) is 48.4 Å². The lowest BCUT2D eigenvalue weighted by Gasteiger charge is -2.06. The second-order valence-corrected chi connectivity index (χ2v) is 7.48. The zero-order valence-corrected chi connectivity index (χ0v) is 16.2. The van der Waals surface area contributed by atoms with Crippen LogP contribution in [0.25, 0.3) is 0 Å². The predicted octanol–water partition coefficient (Wildman–Crippen LogP) is 4.41. The number of Topliss-reactive ketones (excluding diaryl/α,β-unsaturated/α-hetero) is 1. The Labute approximate surface area is 163 Å². The summed E-state index contributed by atoms with van der Waals surface area (Å²) in [6.45, 7) is 0. The molecular weight excluding hydrogens is 389 g/mol. The van der Waals surface area contributed by atoms with Crippen molar-refractivity contribution < 1.29 is 18.7 Å². The van der Waals surface area contributed by atoms with Gasteiger partial charge in [0.1, 0.15) is 17.3 Å². The van der Waals surface area contributed by atoms with Crippen LogP contribution in [0.3, 0.4) is 0 Å². The maximum Gasteiger partial charge on any atom is 0.210 e. The maximum atomic E-state index is 13.4. The SMILES string of the molecule is COc1ccc(Nc2nnc(SCC(=O)c3cc(F)ccc3OC)s2)cc1. The molecule has 9 heteroatoms. The number of nitrogens with one attached hydrogen (secondary N) is 1. The predicted molar refractivity (Wildman–Crippen MR) is 104 cm³/mol. The molecule has 0 amide bonds. The van der Waals surface area contributed by atoms with E-state index in [2.05, 4.69) is 15.5 Å². The number of methoxy groups -OCH3 is 2. The van der Waals surface area contributed by atoms with Gasteiger partial charge in [-0.15, -0.1) is 10.2 Å². The van der Waals surface area contributed by atoms with Crippen LogP contribution >= 0.6 is 23.1 Å². The van der Waals surface area contributed by atoms with Crippen LogP contribution in [0.2, 0.25) is 0 Å². The number of hydrogen-bond donors (Lipinski definition) is 1. The lowest BCUT2D eigenvalue weighted by molar-refractivity contribution is 0.101. The molecule has 0 aliphatic rings. The van der Waals surface area contributed by atoms with Crippen molar-refractivity contribution >= 4 is 39.7 Å². The van der Waals surface area contributed by atoms with E-state index in [9.17, 15) is 9.18 Å². The van der Waals surface area contributed by atoms with E-state index in [0.29, 0.717) is 15.2 Å². The van der Waals surface area contributed by atoms with E-state index < -0.39 is 5.82 Å². The summed E-state index contributed by atoms with van der Waals surface area (Å²) in [4.78, 5) is 12.4. The Morgan fingerprint density at radius 2 is 1.93 bits per heavy atom. The first-order valence-corrected chi connectivity index (χ1v) is 9.63. The topological polar surface area (TPSA) is 73.3 Å². The number of ether oxygens (including phenoxy) is 2. The van der Waals surface area contributed by atoms with Gasteiger partial charge in [-0.05, 0) is 42.5 Å². The Hall–Kier alpha value is -2.65. The van der Waals surface area contributed by atoms with Crippen LogP contribution in [-0.4, -0.2) is 36.0 Å². The molecule has 0 radical (unpaired) electrons. The number of anilines is 2. The molecule has 6 nitrogen and oxygen atoms in total. The van der Waals surface area contributed by atoms with Crippen LogP contribution in [-0.2, 0) is 0 Å². The van der Waals surface area contributed by atoms with Gasteiger partial charge in [-0.1, -0.05) is 23.1 Å². The molecule has 2 aromatic carbocycles. The summed E-state index contributed by atoms with van der Waals surface area (Å²) < 4.78 is 24.3. The Kier molecular flexibility index (Phi) is 6.25. The molecule has 0 unspecified atom stereocenters. The number of nitrogens with zero attached hydrogens (tertiary/aromatic N) is 2. The van der Waals surface area contributed by atoms with E-state index in [1.807, 2.05) is 24.3 Å². The molecule has 1 aromatic heterocycles. The Balaban J connectivity index is 1.60. The molecule has 27 heavy (non-hydrogen) atoms. The molecule has 0 saturated heterocycles. The highest BCUT2D eigenvalue weighted by atomic mass is 32.2. The van der Waals surface area contributed by atoms with Gasteiger partial charge in [-0.3, -0.25) is 4.79 Å². The van der Waals surface area contributed by atoms with Gasteiger partial charge in [-0.25, -0.2) is 4.39 Å². The zero-order chi connectivity index (χ0) is 19.2. The summed E-state index contributed by atoms with van der Waals surface area (Å²) >= 11 is 2.57. The summed E-state index contributed by atoms with van der Waals surface area (Å²) in [5, 5.41) is 11.9. The highest BCUT2D eigenvalue weighted by Crippen LogP contribution is 2.29. The van der Waals surface area contributed by atoms with E-state index in [0.717, 1.165) is 11.4 Å². The summed E-state index contributed by atoms with van der Waals surface area (Å²) in [6, 6.07) is 11.3. The largest absolute Gasteiger partial charge is 0.497 e. The zero-order valence-electron chi connectivity index (χ0n) is 14.6. The van der Waals surface area contributed by atoms with Gasteiger partial charge in [0.05, 0.1) is 25.5 Å². The van der Waals surface area contributed by atoms with Gasteiger partial charge in [0.2, 0.25) is 5.13 Å². The van der Waals surface area contributed by atoms with E-state index in [1.54, 1.807) is 7.11 Å². The number of carbonyl (C=O) groups excluding carboxylic acids is 1. The molecule has 0 bridgehead atoms. The first-order chi connectivity index (χ1) is 13.1. The highest BCUT2D eigenvalue weighted by Gasteiger charge is 2.15. The van der Waals surface area contributed by atoms with Crippen molar-refractivity contribution in [2.45, 2.75) is 4.34 Å². The number of rotatable bonds is 8. The van der Waals surface area contributed by atoms with Crippen molar-refractivity contribution in [3.05, 3.63) is 53.8 Å². The third-order valence-corrected chi connectivity index (χ3v) is 5.51. The lowest BCUT2D eigenvalue weighted by Crippen LogP contribution is -2.05. The minimum Gasteiger partial charge on any atom is -0.497 e. The van der Waals surface area contributed by atoms with Crippen molar-refractivity contribution in [2.75, 3.05) is 25.3 Å². The van der Waals surface area contributed by atoms with E-state index in [4.69, 9.17) is 9.47 Å². The van der Waals surface area contributed by atoms with Crippen LogP contribution in [0.15, 0.2) is 46.8 Å².